The molecule has 0 atom stereocenters. The van der Waals surface area contributed by atoms with Gasteiger partial charge in [0.05, 0.1) is 11.9 Å². The average molecular weight is 472 g/mol. The molecular formula is C29H33N3O3. The lowest BCUT2D eigenvalue weighted by Crippen LogP contribution is -2.48. The monoisotopic (exact) mass is 471 g/mol. The van der Waals surface area contributed by atoms with Crippen molar-refractivity contribution >= 4 is 11.8 Å². The van der Waals surface area contributed by atoms with E-state index in [1.165, 1.54) is 6.42 Å². The van der Waals surface area contributed by atoms with E-state index in [4.69, 9.17) is 9.47 Å². The Morgan fingerprint density at radius 1 is 0.829 bits per heavy atom. The molecule has 0 saturated carbocycles. The van der Waals surface area contributed by atoms with Crippen LogP contribution >= 0.6 is 0 Å². The molecule has 1 amide bonds. The van der Waals surface area contributed by atoms with Crippen LogP contribution in [0.25, 0.3) is 0 Å². The standard InChI is InChI=1S/C29H33N3O3/c33-29(35-22-25-9-5-2-6-10-25)31-15-13-23(14-16-31)17-26-19-32(20-26)27-11-12-28(30-18-27)34-21-24-7-3-1-4-8-24/h1-12,18,23,26H,13-17,19-22H2. The van der Waals surface area contributed by atoms with E-state index in [-0.39, 0.29) is 6.09 Å². The second-order valence-electron chi connectivity index (χ2n) is 9.61. The number of hydrogen-bond donors (Lipinski definition) is 0. The van der Waals surface area contributed by atoms with Crippen LogP contribution in [-0.2, 0) is 18.0 Å². The van der Waals surface area contributed by atoms with Crippen LogP contribution in [0.15, 0.2) is 79.0 Å². The lowest BCUT2D eigenvalue weighted by molar-refractivity contribution is 0.0791. The zero-order valence-electron chi connectivity index (χ0n) is 20.1. The summed E-state index contributed by atoms with van der Waals surface area (Å²) in [5, 5.41) is 0. The number of carbonyl (C=O) groups is 1. The van der Waals surface area contributed by atoms with Gasteiger partial charge in [0, 0.05) is 32.2 Å². The maximum atomic E-state index is 12.4. The molecule has 0 radical (unpaired) electrons. The highest BCUT2D eigenvalue weighted by Crippen LogP contribution is 2.32. The van der Waals surface area contributed by atoms with E-state index in [9.17, 15) is 4.79 Å². The van der Waals surface area contributed by atoms with Crippen molar-refractivity contribution in [3.63, 3.8) is 0 Å². The number of carbonyl (C=O) groups excluding carboxylic acids is 1. The molecule has 2 aromatic carbocycles. The molecule has 2 saturated heterocycles. The number of hydrogen-bond acceptors (Lipinski definition) is 5. The third-order valence-electron chi connectivity index (χ3n) is 7.02. The Bertz CT molecular complexity index is 1060. The van der Waals surface area contributed by atoms with E-state index in [0.717, 1.165) is 55.8 Å². The first-order chi connectivity index (χ1) is 17.2. The van der Waals surface area contributed by atoms with Crippen LogP contribution in [0.4, 0.5) is 10.5 Å². The van der Waals surface area contributed by atoms with Gasteiger partial charge in [-0.05, 0) is 48.3 Å². The number of ether oxygens (including phenoxy) is 2. The van der Waals surface area contributed by atoms with Gasteiger partial charge in [-0.3, -0.25) is 0 Å². The summed E-state index contributed by atoms with van der Waals surface area (Å²) in [6.07, 6.45) is 5.08. The fourth-order valence-electron chi connectivity index (χ4n) is 4.94. The topological polar surface area (TPSA) is 54.9 Å². The van der Waals surface area contributed by atoms with Gasteiger partial charge >= 0.3 is 6.09 Å². The first-order valence-corrected chi connectivity index (χ1v) is 12.6. The van der Waals surface area contributed by atoms with E-state index in [2.05, 4.69) is 28.1 Å². The number of likely N-dealkylation sites (tertiary alicyclic amines) is 1. The normalized spacial score (nSPS) is 16.6. The lowest BCUT2D eigenvalue weighted by atomic mass is 9.83. The van der Waals surface area contributed by atoms with E-state index < -0.39 is 0 Å². The lowest BCUT2D eigenvalue weighted by Gasteiger charge is -2.43. The average Bonchev–Trinajstić information content (AvgIpc) is 2.90. The van der Waals surface area contributed by atoms with Gasteiger partial charge in [0.25, 0.3) is 0 Å². The molecule has 3 heterocycles. The number of pyridine rings is 1. The highest BCUT2D eigenvalue weighted by atomic mass is 16.6. The number of nitrogens with zero attached hydrogens (tertiary/aromatic N) is 3. The van der Waals surface area contributed by atoms with Gasteiger partial charge in [-0.15, -0.1) is 0 Å². The van der Waals surface area contributed by atoms with Crippen LogP contribution < -0.4 is 9.64 Å². The van der Waals surface area contributed by atoms with Crippen molar-refractivity contribution in [2.24, 2.45) is 11.8 Å². The summed E-state index contributed by atoms with van der Waals surface area (Å²) >= 11 is 0. The summed E-state index contributed by atoms with van der Waals surface area (Å²) in [6, 6.07) is 24.0. The molecule has 6 heteroatoms. The zero-order valence-corrected chi connectivity index (χ0v) is 20.1. The summed E-state index contributed by atoms with van der Waals surface area (Å²) in [5.74, 6) is 2.06. The molecule has 0 spiro atoms. The number of anilines is 1. The molecule has 0 N–H and O–H groups in total. The van der Waals surface area contributed by atoms with Crippen molar-refractivity contribution in [3.05, 3.63) is 90.1 Å². The van der Waals surface area contributed by atoms with Crippen molar-refractivity contribution in [2.45, 2.75) is 32.5 Å². The van der Waals surface area contributed by atoms with Gasteiger partial charge < -0.3 is 19.3 Å². The Morgan fingerprint density at radius 2 is 1.49 bits per heavy atom. The Labute approximate surface area is 207 Å². The number of amides is 1. The molecule has 5 rings (SSSR count). The van der Waals surface area contributed by atoms with Gasteiger partial charge in [-0.25, -0.2) is 9.78 Å². The molecule has 35 heavy (non-hydrogen) atoms. The summed E-state index contributed by atoms with van der Waals surface area (Å²) in [5.41, 5.74) is 3.32. The van der Waals surface area contributed by atoms with Crippen molar-refractivity contribution < 1.29 is 14.3 Å². The zero-order chi connectivity index (χ0) is 23.9. The van der Waals surface area contributed by atoms with Crippen LogP contribution in [0.5, 0.6) is 5.88 Å². The molecule has 2 aliphatic rings. The predicted molar refractivity (Wildman–Crippen MR) is 136 cm³/mol. The minimum Gasteiger partial charge on any atom is -0.473 e. The van der Waals surface area contributed by atoms with Crippen LogP contribution in [0.2, 0.25) is 0 Å². The van der Waals surface area contributed by atoms with E-state index in [0.29, 0.717) is 30.9 Å². The molecule has 182 valence electrons. The van der Waals surface area contributed by atoms with E-state index in [1.54, 1.807) is 0 Å². The molecular weight excluding hydrogens is 438 g/mol. The third-order valence-corrected chi connectivity index (χ3v) is 7.02. The smallest absolute Gasteiger partial charge is 0.410 e. The molecule has 0 bridgehead atoms. The quantitative estimate of drug-likeness (QED) is 0.432. The number of aromatic nitrogens is 1. The van der Waals surface area contributed by atoms with Gasteiger partial charge in [0.1, 0.15) is 13.2 Å². The summed E-state index contributed by atoms with van der Waals surface area (Å²) in [4.78, 5) is 21.1. The van der Waals surface area contributed by atoms with Crippen LogP contribution in [0.3, 0.4) is 0 Å². The van der Waals surface area contributed by atoms with Crippen molar-refractivity contribution in [2.75, 3.05) is 31.1 Å². The Morgan fingerprint density at radius 3 is 2.11 bits per heavy atom. The fraction of sp³-hybridized carbons (Fsp3) is 0.379. The van der Waals surface area contributed by atoms with E-state index >= 15 is 0 Å². The molecule has 0 unspecified atom stereocenters. The highest BCUT2D eigenvalue weighted by Gasteiger charge is 2.32. The predicted octanol–water partition coefficient (Wildman–Crippen LogP) is 5.54. The second-order valence-corrected chi connectivity index (χ2v) is 9.61. The molecule has 2 fully saturated rings. The summed E-state index contributed by atoms with van der Waals surface area (Å²) < 4.78 is 11.3. The Kier molecular flexibility index (Phi) is 7.47. The maximum absolute atomic E-state index is 12.4. The summed E-state index contributed by atoms with van der Waals surface area (Å²) in [6.45, 7) is 4.61. The molecule has 6 nitrogen and oxygen atoms in total. The van der Waals surface area contributed by atoms with Crippen LogP contribution in [0, 0.1) is 11.8 Å². The minimum absolute atomic E-state index is 0.189. The van der Waals surface area contributed by atoms with Crippen LogP contribution in [0.1, 0.15) is 30.4 Å². The Balaban J connectivity index is 0.988. The summed E-state index contributed by atoms with van der Waals surface area (Å²) in [7, 11) is 0. The van der Waals surface area contributed by atoms with Gasteiger partial charge in [-0.1, -0.05) is 60.7 Å². The van der Waals surface area contributed by atoms with Crippen LogP contribution in [-0.4, -0.2) is 42.2 Å². The van der Waals surface area contributed by atoms with Crippen molar-refractivity contribution in [1.29, 1.82) is 0 Å². The highest BCUT2D eigenvalue weighted by molar-refractivity contribution is 5.67. The van der Waals surface area contributed by atoms with E-state index in [1.807, 2.05) is 65.7 Å². The fourth-order valence-corrected chi connectivity index (χ4v) is 4.94. The molecule has 3 aromatic rings. The third kappa shape index (κ3) is 6.32. The largest absolute Gasteiger partial charge is 0.473 e. The molecule has 2 aliphatic heterocycles. The maximum Gasteiger partial charge on any atom is 0.410 e. The number of benzene rings is 2. The molecule has 1 aromatic heterocycles. The Hall–Kier alpha value is -3.54. The number of rotatable bonds is 8. The SMILES string of the molecule is O=C(OCc1ccccc1)N1CCC(CC2CN(c3ccc(OCc4ccccc4)nc3)C2)CC1. The minimum atomic E-state index is -0.189. The van der Waals surface area contributed by atoms with Gasteiger partial charge in [0.15, 0.2) is 0 Å². The van der Waals surface area contributed by atoms with Gasteiger partial charge in [0.2, 0.25) is 5.88 Å². The van der Waals surface area contributed by atoms with Gasteiger partial charge in [-0.2, -0.15) is 0 Å². The molecule has 0 aliphatic carbocycles. The number of piperidine rings is 1. The first kappa shape index (κ1) is 23.2. The first-order valence-electron chi connectivity index (χ1n) is 12.6. The van der Waals surface area contributed by atoms with Crippen molar-refractivity contribution in [1.82, 2.24) is 9.88 Å². The second kappa shape index (κ2) is 11.3. The van der Waals surface area contributed by atoms with Crippen molar-refractivity contribution in [3.8, 4) is 5.88 Å².